The lowest BCUT2D eigenvalue weighted by Crippen LogP contribution is -2.24. The van der Waals surface area contributed by atoms with Crippen molar-refractivity contribution in [2.75, 3.05) is 20.0 Å². The third kappa shape index (κ3) is 17.8. The van der Waals surface area contributed by atoms with Crippen LogP contribution < -0.4 is 0 Å². The van der Waals surface area contributed by atoms with Gasteiger partial charge in [0.05, 0.1) is 26.7 Å². The molecule has 0 spiro atoms. The molecule has 1 N–H and O–H groups in total. The molecule has 0 aliphatic rings. The van der Waals surface area contributed by atoms with Crippen LogP contribution in [0.3, 0.4) is 0 Å². The Morgan fingerprint density at radius 2 is 1.28 bits per heavy atom. The van der Waals surface area contributed by atoms with Gasteiger partial charge in [0.2, 0.25) is 0 Å². The van der Waals surface area contributed by atoms with Gasteiger partial charge in [-0.2, -0.15) is 11.8 Å². The highest BCUT2D eigenvalue weighted by atomic mass is 32.2. The van der Waals surface area contributed by atoms with Crippen LogP contribution in [0.15, 0.2) is 0 Å². The number of thioether (sulfide) groups is 1. The molecule has 5 nitrogen and oxygen atoms in total. The van der Waals surface area contributed by atoms with Crippen LogP contribution >= 0.6 is 11.8 Å². The minimum Gasteiger partial charge on any atom is -0.469 e. The highest BCUT2D eigenvalue weighted by molar-refractivity contribution is 7.99. The molecule has 0 rings (SSSR count). The Morgan fingerprint density at radius 3 is 1.86 bits per heavy atom. The standard InChI is InChI=1S/C23H44O5S/c1-4-5-6-7-8-9-10-11-12-16-21(29-19-18-23(26)28-3)20(24)15-13-14-17-22(25)27-2/h20-21,24H,4-19H2,1-3H3/t20-,21+/m0/s1. The van der Waals surface area contributed by atoms with Crippen molar-refractivity contribution in [3.8, 4) is 0 Å². The molecule has 0 bridgehead atoms. The number of esters is 2. The molecule has 0 aliphatic carbocycles. The number of carbonyl (C=O) groups excluding carboxylic acids is 2. The molecule has 0 aromatic rings. The van der Waals surface area contributed by atoms with Crippen molar-refractivity contribution in [2.45, 2.75) is 115 Å². The summed E-state index contributed by atoms with van der Waals surface area (Å²) in [5, 5.41) is 10.8. The number of carbonyl (C=O) groups is 2. The molecule has 0 heterocycles. The minimum absolute atomic E-state index is 0.141. The topological polar surface area (TPSA) is 72.8 Å². The molecule has 0 radical (unpaired) electrons. The van der Waals surface area contributed by atoms with Crippen LogP contribution in [-0.4, -0.2) is 48.4 Å². The molecule has 2 atom stereocenters. The summed E-state index contributed by atoms with van der Waals surface area (Å²) >= 11 is 1.68. The van der Waals surface area contributed by atoms with E-state index in [-0.39, 0.29) is 17.2 Å². The van der Waals surface area contributed by atoms with Crippen LogP contribution in [-0.2, 0) is 19.1 Å². The van der Waals surface area contributed by atoms with E-state index in [9.17, 15) is 14.7 Å². The fourth-order valence-electron chi connectivity index (χ4n) is 3.35. The Hall–Kier alpha value is -0.750. The van der Waals surface area contributed by atoms with E-state index in [1.54, 1.807) is 11.8 Å². The molecule has 29 heavy (non-hydrogen) atoms. The Morgan fingerprint density at radius 1 is 0.759 bits per heavy atom. The highest BCUT2D eigenvalue weighted by Crippen LogP contribution is 2.25. The molecule has 0 saturated carbocycles. The summed E-state index contributed by atoms with van der Waals surface area (Å²) in [5.74, 6) is 0.277. The van der Waals surface area contributed by atoms with E-state index < -0.39 is 6.10 Å². The van der Waals surface area contributed by atoms with Crippen LogP contribution in [0.25, 0.3) is 0 Å². The van der Waals surface area contributed by atoms with Crippen molar-refractivity contribution >= 4 is 23.7 Å². The van der Waals surface area contributed by atoms with Crippen LogP contribution in [0.1, 0.15) is 103 Å². The molecular formula is C23H44O5S. The number of aliphatic hydroxyl groups excluding tert-OH is 1. The summed E-state index contributed by atoms with van der Waals surface area (Å²) in [6, 6.07) is 0. The third-order valence-corrected chi connectivity index (χ3v) is 6.66. The fourth-order valence-corrected chi connectivity index (χ4v) is 4.63. The van der Waals surface area contributed by atoms with Gasteiger partial charge in [-0.3, -0.25) is 9.59 Å². The number of hydrogen-bond acceptors (Lipinski definition) is 6. The number of rotatable bonds is 20. The maximum atomic E-state index is 11.4. The average molecular weight is 433 g/mol. The second-order valence-electron chi connectivity index (χ2n) is 7.74. The lowest BCUT2D eigenvalue weighted by Gasteiger charge is -2.22. The average Bonchev–Trinajstić information content (AvgIpc) is 2.73. The highest BCUT2D eigenvalue weighted by Gasteiger charge is 2.20. The molecular weight excluding hydrogens is 388 g/mol. The second kappa shape index (κ2) is 20.5. The monoisotopic (exact) mass is 432 g/mol. The molecule has 0 aromatic carbocycles. The van der Waals surface area contributed by atoms with Gasteiger partial charge in [0.1, 0.15) is 0 Å². The van der Waals surface area contributed by atoms with Crippen molar-refractivity contribution < 1.29 is 24.2 Å². The van der Waals surface area contributed by atoms with Crippen LogP contribution in [0.5, 0.6) is 0 Å². The molecule has 0 fully saturated rings. The summed E-state index contributed by atoms with van der Waals surface area (Å²) in [5.41, 5.74) is 0. The quantitative estimate of drug-likeness (QED) is 0.197. The van der Waals surface area contributed by atoms with E-state index >= 15 is 0 Å². The first kappa shape index (κ1) is 28.2. The summed E-state index contributed by atoms with van der Waals surface area (Å²) in [4.78, 5) is 22.5. The fraction of sp³-hybridized carbons (Fsp3) is 0.913. The molecule has 0 aromatic heterocycles. The predicted octanol–water partition coefficient (Wildman–Crippen LogP) is 5.67. The zero-order valence-corrected chi connectivity index (χ0v) is 19.8. The van der Waals surface area contributed by atoms with E-state index in [0.29, 0.717) is 25.0 Å². The minimum atomic E-state index is -0.399. The largest absolute Gasteiger partial charge is 0.469 e. The van der Waals surface area contributed by atoms with Gasteiger partial charge in [-0.25, -0.2) is 0 Å². The molecule has 172 valence electrons. The summed E-state index contributed by atoms with van der Waals surface area (Å²) < 4.78 is 9.36. The van der Waals surface area contributed by atoms with Gasteiger partial charge in [-0.1, -0.05) is 71.1 Å². The predicted molar refractivity (Wildman–Crippen MR) is 121 cm³/mol. The Kier molecular flexibility index (Phi) is 20.0. The third-order valence-electron chi connectivity index (χ3n) is 5.25. The summed E-state index contributed by atoms with van der Waals surface area (Å²) in [7, 11) is 2.80. The van der Waals surface area contributed by atoms with Crippen molar-refractivity contribution in [3.05, 3.63) is 0 Å². The van der Waals surface area contributed by atoms with E-state index in [2.05, 4.69) is 11.7 Å². The summed E-state index contributed by atoms with van der Waals surface area (Å²) in [6.07, 6.45) is 15.2. The first-order valence-electron chi connectivity index (χ1n) is 11.5. The Balaban J connectivity index is 4.11. The second-order valence-corrected chi connectivity index (χ2v) is 9.09. The summed E-state index contributed by atoms with van der Waals surface area (Å²) in [6.45, 7) is 2.24. The van der Waals surface area contributed by atoms with Crippen LogP contribution in [0.2, 0.25) is 0 Å². The van der Waals surface area contributed by atoms with Crippen LogP contribution in [0, 0.1) is 0 Å². The smallest absolute Gasteiger partial charge is 0.306 e. The van der Waals surface area contributed by atoms with Crippen molar-refractivity contribution in [1.29, 1.82) is 0 Å². The van der Waals surface area contributed by atoms with Crippen molar-refractivity contribution in [1.82, 2.24) is 0 Å². The van der Waals surface area contributed by atoms with Crippen molar-refractivity contribution in [3.63, 3.8) is 0 Å². The number of aliphatic hydroxyl groups is 1. The zero-order valence-electron chi connectivity index (χ0n) is 19.0. The first-order valence-corrected chi connectivity index (χ1v) is 12.5. The molecule has 6 heteroatoms. The normalized spacial score (nSPS) is 13.1. The maximum Gasteiger partial charge on any atom is 0.306 e. The number of methoxy groups -OCH3 is 2. The Bertz CT molecular complexity index is 403. The van der Waals surface area contributed by atoms with E-state index in [4.69, 9.17) is 4.74 Å². The van der Waals surface area contributed by atoms with Gasteiger partial charge >= 0.3 is 11.9 Å². The molecule has 0 saturated heterocycles. The van der Waals surface area contributed by atoms with Gasteiger partial charge < -0.3 is 14.6 Å². The zero-order chi connectivity index (χ0) is 21.7. The van der Waals surface area contributed by atoms with E-state index in [1.807, 2.05) is 0 Å². The SMILES string of the molecule is CCCCCCCCCCC[C@@H](SCCC(=O)OC)[C@@H](O)CCCCC(=O)OC. The molecule has 0 aliphatic heterocycles. The Labute approximate surface area is 182 Å². The molecule has 0 unspecified atom stereocenters. The number of hydrogen-bond donors (Lipinski definition) is 1. The lowest BCUT2D eigenvalue weighted by atomic mass is 10.0. The lowest BCUT2D eigenvalue weighted by molar-refractivity contribution is -0.141. The van der Waals surface area contributed by atoms with E-state index in [0.717, 1.165) is 25.7 Å². The molecule has 0 amide bonds. The van der Waals surface area contributed by atoms with Gasteiger partial charge in [-0.15, -0.1) is 0 Å². The number of ether oxygens (including phenoxy) is 2. The van der Waals surface area contributed by atoms with Gasteiger partial charge in [0.25, 0.3) is 0 Å². The van der Waals surface area contributed by atoms with Gasteiger partial charge in [0.15, 0.2) is 0 Å². The van der Waals surface area contributed by atoms with Gasteiger partial charge in [-0.05, 0) is 19.3 Å². The van der Waals surface area contributed by atoms with Crippen LogP contribution in [0.4, 0.5) is 0 Å². The van der Waals surface area contributed by atoms with E-state index in [1.165, 1.54) is 65.6 Å². The van der Waals surface area contributed by atoms with Gasteiger partial charge in [0, 0.05) is 17.4 Å². The maximum absolute atomic E-state index is 11.4. The first-order chi connectivity index (χ1) is 14.0. The van der Waals surface area contributed by atoms with Crippen molar-refractivity contribution in [2.24, 2.45) is 0 Å². The number of unbranched alkanes of at least 4 members (excludes halogenated alkanes) is 9.